The second-order valence-electron chi connectivity index (χ2n) is 3.02. The highest BCUT2D eigenvalue weighted by Crippen LogP contribution is 2.25. The number of esters is 1. The van der Waals surface area contributed by atoms with E-state index in [1.165, 1.54) is 4.57 Å². The van der Waals surface area contributed by atoms with E-state index in [-0.39, 0.29) is 24.5 Å². The lowest BCUT2D eigenvalue weighted by atomic mass is 10.2. The number of aromatic hydroxyl groups is 1. The Balaban J connectivity index is 3.08. The molecule has 0 bridgehead atoms. The third kappa shape index (κ3) is 2.10. The Kier molecular flexibility index (Phi) is 3.34. The summed E-state index contributed by atoms with van der Waals surface area (Å²) < 4.78 is 6.24. The van der Waals surface area contributed by atoms with E-state index in [1.807, 2.05) is 6.07 Å². The summed E-state index contributed by atoms with van der Waals surface area (Å²) in [6.45, 7) is 1.94. The van der Waals surface area contributed by atoms with Gasteiger partial charge in [-0.25, -0.2) is 4.79 Å². The minimum Gasteiger partial charge on any atom is -0.505 e. The number of aromatic nitrogens is 1. The minimum absolute atomic E-state index is 0.0685. The predicted molar refractivity (Wildman–Crippen MR) is 52.4 cm³/mol. The monoisotopic (exact) mass is 208 g/mol. The van der Waals surface area contributed by atoms with Crippen molar-refractivity contribution in [3.05, 3.63) is 17.5 Å². The largest absolute Gasteiger partial charge is 0.505 e. The molecule has 0 aromatic carbocycles. The molecule has 1 aromatic rings. The van der Waals surface area contributed by atoms with Crippen molar-refractivity contribution in [2.24, 2.45) is 7.05 Å². The number of hydrogen-bond acceptors (Lipinski definition) is 4. The van der Waals surface area contributed by atoms with Gasteiger partial charge in [-0.2, -0.15) is 5.26 Å². The zero-order valence-electron chi connectivity index (χ0n) is 8.65. The van der Waals surface area contributed by atoms with Crippen molar-refractivity contribution in [2.75, 3.05) is 6.61 Å². The highest BCUT2D eigenvalue weighted by Gasteiger charge is 2.20. The van der Waals surface area contributed by atoms with Gasteiger partial charge >= 0.3 is 5.97 Å². The Morgan fingerprint density at radius 3 is 2.93 bits per heavy atom. The van der Waals surface area contributed by atoms with Crippen LogP contribution in [0.4, 0.5) is 0 Å². The molecule has 0 amide bonds. The van der Waals surface area contributed by atoms with Crippen LogP contribution in [0.25, 0.3) is 0 Å². The lowest BCUT2D eigenvalue weighted by molar-refractivity contribution is 0.0511. The number of carbonyl (C=O) groups excluding carboxylic acids is 1. The van der Waals surface area contributed by atoms with Gasteiger partial charge in [0.1, 0.15) is 0 Å². The van der Waals surface area contributed by atoms with E-state index in [4.69, 9.17) is 10.00 Å². The molecule has 0 radical (unpaired) electrons. The van der Waals surface area contributed by atoms with Gasteiger partial charge in [0.15, 0.2) is 11.4 Å². The third-order valence-corrected chi connectivity index (χ3v) is 1.97. The van der Waals surface area contributed by atoms with Crippen molar-refractivity contribution in [1.29, 1.82) is 5.26 Å². The Bertz CT molecular complexity index is 415. The zero-order valence-corrected chi connectivity index (χ0v) is 8.65. The van der Waals surface area contributed by atoms with E-state index in [2.05, 4.69) is 0 Å². The average molecular weight is 208 g/mol. The van der Waals surface area contributed by atoms with Crippen molar-refractivity contribution in [2.45, 2.75) is 13.3 Å². The molecule has 1 aromatic heterocycles. The predicted octanol–water partition coefficient (Wildman–Crippen LogP) is 0.973. The van der Waals surface area contributed by atoms with Crippen molar-refractivity contribution in [3.8, 4) is 11.8 Å². The second-order valence-corrected chi connectivity index (χ2v) is 3.02. The lowest BCUT2D eigenvalue weighted by Crippen LogP contribution is -2.09. The van der Waals surface area contributed by atoms with Gasteiger partial charge in [-0.05, 0) is 6.92 Å². The summed E-state index contributed by atoms with van der Waals surface area (Å²) in [5, 5.41) is 18.2. The van der Waals surface area contributed by atoms with Crippen molar-refractivity contribution < 1.29 is 14.6 Å². The molecule has 0 saturated carbocycles. The number of ether oxygens (including phenoxy) is 1. The molecule has 1 rings (SSSR count). The molecule has 0 atom stereocenters. The summed E-state index contributed by atoms with van der Waals surface area (Å²) in [4.78, 5) is 11.4. The molecule has 0 saturated heterocycles. The van der Waals surface area contributed by atoms with Crippen LogP contribution in [0.1, 0.15) is 23.0 Å². The summed E-state index contributed by atoms with van der Waals surface area (Å²) in [6, 6.07) is 1.91. The first kappa shape index (κ1) is 11.1. The highest BCUT2D eigenvalue weighted by molar-refractivity contribution is 5.91. The first-order chi connectivity index (χ1) is 7.11. The lowest BCUT2D eigenvalue weighted by Gasteiger charge is -2.02. The number of hydrogen-bond donors (Lipinski definition) is 1. The van der Waals surface area contributed by atoms with Crippen molar-refractivity contribution >= 4 is 5.97 Å². The van der Waals surface area contributed by atoms with E-state index < -0.39 is 5.97 Å². The maximum Gasteiger partial charge on any atom is 0.358 e. The fraction of sp³-hybridized carbons (Fsp3) is 0.400. The fourth-order valence-corrected chi connectivity index (χ4v) is 1.33. The van der Waals surface area contributed by atoms with Crippen LogP contribution in [0.3, 0.4) is 0 Å². The quantitative estimate of drug-likeness (QED) is 0.751. The van der Waals surface area contributed by atoms with Crippen LogP contribution in [-0.4, -0.2) is 22.2 Å². The van der Waals surface area contributed by atoms with Crippen molar-refractivity contribution in [1.82, 2.24) is 4.57 Å². The zero-order chi connectivity index (χ0) is 11.4. The first-order valence-corrected chi connectivity index (χ1v) is 4.53. The Morgan fingerprint density at radius 1 is 1.73 bits per heavy atom. The van der Waals surface area contributed by atoms with Crippen LogP contribution >= 0.6 is 0 Å². The molecule has 0 fully saturated rings. The number of nitriles is 1. The molecule has 5 nitrogen and oxygen atoms in total. The Labute approximate surface area is 87.5 Å². The van der Waals surface area contributed by atoms with Gasteiger partial charge in [0, 0.05) is 18.8 Å². The standard InChI is InChI=1S/C10H12N2O3/c1-3-15-10(14)8-9(13)7(4-5-11)6-12(8)2/h6,13H,3-4H2,1-2H3. The number of rotatable bonds is 3. The van der Waals surface area contributed by atoms with Crippen LogP contribution in [-0.2, 0) is 18.2 Å². The van der Waals surface area contributed by atoms with Gasteiger partial charge < -0.3 is 14.4 Å². The van der Waals surface area contributed by atoms with Gasteiger partial charge in [-0.3, -0.25) is 0 Å². The van der Waals surface area contributed by atoms with E-state index in [0.29, 0.717) is 5.56 Å². The summed E-state index contributed by atoms with van der Waals surface area (Å²) in [5.74, 6) is -0.751. The maximum atomic E-state index is 11.4. The maximum absolute atomic E-state index is 11.4. The van der Waals surface area contributed by atoms with Gasteiger partial charge in [0.05, 0.1) is 19.1 Å². The molecule has 80 valence electrons. The van der Waals surface area contributed by atoms with Crippen molar-refractivity contribution in [3.63, 3.8) is 0 Å². The van der Waals surface area contributed by atoms with Gasteiger partial charge in [0.25, 0.3) is 0 Å². The average Bonchev–Trinajstić information content (AvgIpc) is 2.43. The van der Waals surface area contributed by atoms with Gasteiger partial charge in [-0.15, -0.1) is 0 Å². The second kappa shape index (κ2) is 4.51. The summed E-state index contributed by atoms with van der Waals surface area (Å²) in [5.41, 5.74) is 0.519. The smallest absolute Gasteiger partial charge is 0.358 e. The molecule has 1 heterocycles. The molecule has 5 heteroatoms. The van der Waals surface area contributed by atoms with Crippen LogP contribution in [0.5, 0.6) is 5.75 Å². The minimum atomic E-state index is -0.582. The van der Waals surface area contributed by atoms with Gasteiger partial charge in [-0.1, -0.05) is 0 Å². The van der Waals surface area contributed by atoms with E-state index in [1.54, 1.807) is 20.2 Å². The van der Waals surface area contributed by atoms with Crippen LogP contribution in [0.15, 0.2) is 6.20 Å². The molecule has 0 aliphatic heterocycles. The molecular formula is C10H12N2O3. The Hall–Kier alpha value is -1.96. The summed E-state index contributed by atoms with van der Waals surface area (Å²) in [6.07, 6.45) is 1.61. The normalized spacial score (nSPS) is 9.67. The molecular weight excluding hydrogens is 196 g/mol. The molecule has 0 aliphatic carbocycles. The number of aryl methyl sites for hydroxylation is 1. The third-order valence-electron chi connectivity index (χ3n) is 1.97. The number of nitrogens with zero attached hydrogens (tertiary/aromatic N) is 2. The van der Waals surface area contributed by atoms with E-state index in [9.17, 15) is 9.90 Å². The van der Waals surface area contributed by atoms with E-state index >= 15 is 0 Å². The Morgan fingerprint density at radius 2 is 2.40 bits per heavy atom. The fourth-order valence-electron chi connectivity index (χ4n) is 1.33. The topological polar surface area (TPSA) is 75.2 Å². The summed E-state index contributed by atoms with van der Waals surface area (Å²) >= 11 is 0. The van der Waals surface area contributed by atoms with Crippen LogP contribution in [0.2, 0.25) is 0 Å². The summed E-state index contributed by atoms with van der Waals surface area (Å²) in [7, 11) is 1.62. The SMILES string of the molecule is CCOC(=O)c1c(O)c(CC#N)cn1C. The first-order valence-electron chi connectivity index (χ1n) is 4.53. The van der Waals surface area contributed by atoms with Gasteiger partial charge in [0.2, 0.25) is 0 Å². The van der Waals surface area contributed by atoms with E-state index in [0.717, 1.165) is 0 Å². The molecule has 0 spiro atoms. The highest BCUT2D eigenvalue weighted by atomic mass is 16.5. The number of carbonyl (C=O) groups is 1. The van der Waals surface area contributed by atoms with Crippen LogP contribution < -0.4 is 0 Å². The van der Waals surface area contributed by atoms with Crippen LogP contribution in [0, 0.1) is 11.3 Å². The molecule has 0 aliphatic rings. The molecule has 1 N–H and O–H groups in total. The molecule has 0 unspecified atom stereocenters. The molecule has 15 heavy (non-hydrogen) atoms.